The van der Waals surface area contributed by atoms with Gasteiger partial charge in [0.2, 0.25) is 0 Å². The van der Waals surface area contributed by atoms with E-state index in [1.54, 1.807) is 0 Å². The van der Waals surface area contributed by atoms with Gasteiger partial charge in [-0.05, 0) is 0 Å². The Bertz CT molecular complexity index is 252. The summed E-state index contributed by atoms with van der Waals surface area (Å²) in [6.07, 6.45) is 0.726. The van der Waals surface area contributed by atoms with Crippen molar-refractivity contribution in [3.05, 3.63) is 0 Å². The summed E-state index contributed by atoms with van der Waals surface area (Å²) in [5.41, 5.74) is 10.3. The first-order valence-electron chi connectivity index (χ1n) is 7.91. The van der Waals surface area contributed by atoms with Gasteiger partial charge in [0.25, 0.3) is 0 Å². The van der Waals surface area contributed by atoms with Gasteiger partial charge in [-0.15, -0.1) is 0 Å². The summed E-state index contributed by atoms with van der Waals surface area (Å²) in [4.78, 5) is 10.4. The highest BCUT2D eigenvalue weighted by Gasteiger charge is 2.25. The van der Waals surface area contributed by atoms with Crippen LogP contribution in [-0.2, 0) is 28.5 Å². The van der Waals surface area contributed by atoms with Gasteiger partial charge < -0.3 is 39.9 Å². The van der Waals surface area contributed by atoms with Crippen LogP contribution < -0.4 is 11.5 Å². The maximum absolute atomic E-state index is 10.4. The van der Waals surface area contributed by atoms with Crippen LogP contribution >= 0.6 is 0 Å². The summed E-state index contributed by atoms with van der Waals surface area (Å²) in [6, 6.07) is 0. The van der Waals surface area contributed by atoms with Gasteiger partial charge in [-0.3, -0.25) is 0 Å². The Kier molecular flexibility index (Phi) is 15.8. The molecule has 138 valence electrons. The van der Waals surface area contributed by atoms with Gasteiger partial charge in [-0.25, -0.2) is 0 Å². The molecule has 0 aromatic rings. The normalized spacial score (nSPS) is 11.8. The molecule has 0 unspecified atom stereocenters. The molecule has 0 radical (unpaired) electrons. The molecule has 0 fully saturated rings. The fraction of sp³-hybridized carbons (Fsp3) is 0.933. The van der Waals surface area contributed by atoms with Crippen LogP contribution in [0.1, 0.15) is 6.92 Å². The minimum absolute atomic E-state index is 0.0643. The van der Waals surface area contributed by atoms with Crippen molar-refractivity contribution in [2.24, 2.45) is 16.9 Å². The van der Waals surface area contributed by atoms with Crippen molar-refractivity contribution in [1.29, 1.82) is 0 Å². The zero-order valence-corrected chi connectivity index (χ0v) is 14.2. The lowest BCUT2D eigenvalue weighted by atomic mass is 9.94. The monoisotopic (exact) mass is 336 g/mol. The maximum Gasteiger partial charge on any atom is 0.145 e. The molecule has 8 heteroatoms. The smallest absolute Gasteiger partial charge is 0.145 e. The highest BCUT2D eigenvalue weighted by molar-refractivity contribution is 5.50. The predicted octanol–water partition coefficient (Wildman–Crippen LogP) is -0.808. The SMILES string of the molecule is CC(COCC=O)(COCCOCCN)COCCOCCN. The number of aldehydes is 1. The summed E-state index contributed by atoms with van der Waals surface area (Å²) in [5, 5.41) is 0. The molecule has 0 rings (SSSR count). The minimum atomic E-state index is -0.343. The molecule has 0 amide bonds. The first-order valence-corrected chi connectivity index (χ1v) is 7.91. The van der Waals surface area contributed by atoms with Crippen LogP contribution in [0.3, 0.4) is 0 Å². The Morgan fingerprint density at radius 2 is 1.17 bits per heavy atom. The summed E-state index contributed by atoms with van der Waals surface area (Å²) < 4.78 is 27.0. The van der Waals surface area contributed by atoms with Gasteiger partial charge in [-0.1, -0.05) is 6.92 Å². The fourth-order valence-corrected chi connectivity index (χ4v) is 1.72. The fourth-order valence-electron chi connectivity index (χ4n) is 1.72. The van der Waals surface area contributed by atoms with Gasteiger partial charge in [0.05, 0.1) is 59.5 Å². The first kappa shape index (κ1) is 22.4. The third kappa shape index (κ3) is 14.7. The summed E-state index contributed by atoms with van der Waals surface area (Å²) >= 11 is 0. The Labute approximate surface area is 138 Å². The molecule has 0 bridgehead atoms. The molecular formula is C15H32N2O6. The molecule has 0 heterocycles. The van der Waals surface area contributed by atoms with Crippen molar-refractivity contribution in [2.45, 2.75) is 6.92 Å². The van der Waals surface area contributed by atoms with Crippen molar-refractivity contribution >= 4 is 6.29 Å². The second-order valence-electron chi connectivity index (χ2n) is 5.40. The van der Waals surface area contributed by atoms with E-state index >= 15 is 0 Å². The molecule has 0 aromatic carbocycles. The molecular weight excluding hydrogens is 304 g/mol. The first-order chi connectivity index (χ1) is 11.2. The third-order valence-corrected chi connectivity index (χ3v) is 2.81. The Balaban J connectivity index is 3.95. The van der Waals surface area contributed by atoms with Gasteiger partial charge in [0.1, 0.15) is 12.9 Å². The van der Waals surface area contributed by atoms with Crippen LogP contribution in [0.5, 0.6) is 0 Å². The van der Waals surface area contributed by atoms with Crippen molar-refractivity contribution in [1.82, 2.24) is 0 Å². The van der Waals surface area contributed by atoms with Crippen molar-refractivity contribution < 1.29 is 28.5 Å². The largest absolute Gasteiger partial charge is 0.378 e. The summed E-state index contributed by atoms with van der Waals surface area (Å²) in [7, 11) is 0. The zero-order valence-electron chi connectivity index (χ0n) is 14.2. The van der Waals surface area contributed by atoms with E-state index in [0.717, 1.165) is 6.29 Å². The van der Waals surface area contributed by atoms with E-state index < -0.39 is 0 Å². The Hall–Kier alpha value is -0.610. The number of ether oxygens (including phenoxy) is 5. The molecule has 0 spiro atoms. The summed E-state index contributed by atoms with van der Waals surface area (Å²) in [5.74, 6) is 0. The lowest BCUT2D eigenvalue weighted by molar-refractivity contribution is -0.115. The van der Waals surface area contributed by atoms with Crippen LogP contribution in [0.2, 0.25) is 0 Å². The molecule has 0 saturated heterocycles. The molecule has 0 aliphatic heterocycles. The van der Waals surface area contributed by atoms with E-state index in [0.29, 0.717) is 72.6 Å². The number of rotatable bonds is 18. The second kappa shape index (κ2) is 16.3. The van der Waals surface area contributed by atoms with Crippen LogP contribution in [0.25, 0.3) is 0 Å². The topological polar surface area (TPSA) is 115 Å². The number of nitrogens with two attached hydrogens (primary N) is 2. The molecule has 4 N–H and O–H groups in total. The van der Waals surface area contributed by atoms with Crippen LogP contribution in [0.15, 0.2) is 0 Å². The van der Waals surface area contributed by atoms with E-state index in [4.69, 9.17) is 35.2 Å². The summed E-state index contributed by atoms with van der Waals surface area (Å²) in [6.45, 7) is 7.30. The van der Waals surface area contributed by atoms with Crippen LogP contribution in [-0.4, -0.2) is 85.4 Å². The second-order valence-corrected chi connectivity index (χ2v) is 5.40. The lowest BCUT2D eigenvalue weighted by Crippen LogP contribution is -2.35. The van der Waals surface area contributed by atoms with Gasteiger partial charge in [-0.2, -0.15) is 0 Å². The van der Waals surface area contributed by atoms with Gasteiger partial charge >= 0.3 is 0 Å². The van der Waals surface area contributed by atoms with Gasteiger partial charge in [0.15, 0.2) is 0 Å². The Morgan fingerprint density at radius 1 is 0.739 bits per heavy atom. The molecule has 0 aliphatic rings. The van der Waals surface area contributed by atoms with Crippen molar-refractivity contribution in [3.8, 4) is 0 Å². The minimum Gasteiger partial charge on any atom is -0.378 e. The van der Waals surface area contributed by atoms with E-state index in [1.165, 1.54) is 0 Å². The van der Waals surface area contributed by atoms with E-state index in [1.807, 2.05) is 6.92 Å². The maximum atomic E-state index is 10.4. The van der Waals surface area contributed by atoms with Crippen molar-refractivity contribution in [2.75, 3.05) is 79.2 Å². The molecule has 8 nitrogen and oxygen atoms in total. The highest BCUT2D eigenvalue weighted by Crippen LogP contribution is 2.18. The standard InChI is InChI=1S/C15H32N2O6/c1-15(12-21-7-4-18,13-22-10-8-19-5-2-16)14-23-11-9-20-6-3-17/h4H,2-3,5-14,16-17H2,1H3. The molecule has 0 aliphatic carbocycles. The number of hydrogen-bond donors (Lipinski definition) is 2. The van der Waals surface area contributed by atoms with Crippen LogP contribution in [0, 0.1) is 5.41 Å². The Morgan fingerprint density at radius 3 is 1.61 bits per heavy atom. The van der Waals surface area contributed by atoms with E-state index in [2.05, 4.69) is 0 Å². The molecule has 23 heavy (non-hydrogen) atoms. The van der Waals surface area contributed by atoms with Crippen molar-refractivity contribution in [3.63, 3.8) is 0 Å². The van der Waals surface area contributed by atoms with E-state index in [9.17, 15) is 4.79 Å². The molecule has 0 aromatic heterocycles. The average molecular weight is 336 g/mol. The quantitative estimate of drug-likeness (QED) is 0.247. The lowest BCUT2D eigenvalue weighted by Gasteiger charge is -2.28. The predicted molar refractivity (Wildman–Crippen MR) is 86.4 cm³/mol. The van der Waals surface area contributed by atoms with Gasteiger partial charge in [0, 0.05) is 18.5 Å². The third-order valence-electron chi connectivity index (χ3n) is 2.81. The molecule has 0 saturated carbocycles. The average Bonchev–Trinajstić information content (AvgIpc) is 2.54. The highest BCUT2D eigenvalue weighted by atomic mass is 16.5. The zero-order chi connectivity index (χ0) is 17.2. The number of carbonyl (C=O) groups excluding carboxylic acids is 1. The number of hydrogen-bond acceptors (Lipinski definition) is 8. The number of carbonyl (C=O) groups is 1. The van der Waals surface area contributed by atoms with E-state index in [-0.39, 0.29) is 12.0 Å². The molecule has 0 atom stereocenters. The van der Waals surface area contributed by atoms with Crippen LogP contribution in [0.4, 0.5) is 0 Å².